The van der Waals surface area contributed by atoms with Crippen LogP contribution in [-0.2, 0) is 6.42 Å². The monoisotopic (exact) mass is 480 g/mol. The van der Waals surface area contributed by atoms with Gasteiger partial charge >= 0.3 is 6.18 Å². The molecular formula is C30H47F3O. The number of hydrogen-bond donors (Lipinski definition) is 0. The molecule has 4 heteroatoms. The van der Waals surface area contributed by atoms with Gasteiger partial charge in [-0.1, -0.05) is 89.7 Å². The first-order valence-corrected chi connectivity index (χ1v) is 14.2. The fourth-order valence-corrected chi connectivity index (χ4v) is 6.40. The lowest BCUT2D eigenvalue weighted by Crippen LogP contribution is -2.26. The summed E-state index contributed by atoms with van der Waals surface area (Å²) >= 11 is 0. The average Bonchev–Trinajstić information content (AvgIpc) is 2.84. The van der Waals surface area contributed by atoms with Gasteiger partial charge in [0, 0.05) is 0 Å². The van der Waals surface area contributed by atoms with E-state index in [4.69, 9.17) is 4.74 Å². The smallest absolute Gasteiger partial charge is 0.422 e. The van der Waals surface area contributed by atoms with E-state index >= 15 is 0 Å². The SMILES string of the molecule is CCCCCCCC[C@H]1CC[C@H]([C@H]2CC[C@H](CCc3ccc(OCC(F)(F)F)cc3)CC2)CC1. The third-order valence-electron chi connectivity index (χ3n) is 8.58. The molecule has 0 heterocycles. The molecule has 1 aromatic carbocycles. The second-order valence-electron chi connectivity index (χ2n) is 11.2. The van der Waals surface area contributed by atoms with Crippen LogP contribution in [0.1, 0.15) is 115 Å². The Hall–Kier alpha value is -1.19. The third-order valence-corrected chi connectivity index (χ3v) is 8.58. The predicted octanol–water partition coefficient (Wildman–Crippen LogP) is 9.92. The van der Waals surface area contributed by atoms with Gasteiger partial charge in [-0.05, 0) is 79.9 Å². The number of halogens is 3. The van der Waals surface area contributed by atoms with Crippen molar-refractivity contribution in [3.05, 3.63) is 29.8 Å². The Morgan fingerprint density at radius 2 is 1.24 bits per heavy atom. The van der Waals surface area contributed by atoms with Crippen molar-refractivity contribution < 1.29 is 17.9 Å². The van der Waals surface area contributed by atoms with E-state index in [1.165, 1.54) is 108 Å². The zero-order valence-electron chi connectivity index (χ0n) is 21.4. The molecule has 0 N–H and O–H groups in total. The van der Waals surface area contributed by atoms with Crippen LogP contribution in [0.2, 0.25) is 0 Å². The Balaban J connectivity index is 1.26. The van der Waals surface area contributed by atoms with Gasteiger partial charge in [0.1, 0.15) is 5.75 Å². The van der Waals surface area contributed by atoms with Crippen LogP contribution in [-0.4, -0.2) is 12.8 Å². The van der Waals surface area contributed by atoms with Crippen LogP contribution in [0.5, 0.6) is 5.75 Å². The Morgan fingerprint density at radius 3 is 1.79 bits per heavy atom. The summed E-state index contributed by atoms with van der Waals surface area (Å²) in [6.07, 6.45) is 19.3. The highest BCUT2D eigenvalue weighted by molar-refractivity contribution is 5.27. The number of benzene rings is 1. The highest BCUT2D eigenvalue weighted by Gasteiger charge is 2.31. The van der Waals surface area contributed by atoms with Crippen LogP contribution >= 0.6 is 0 Å². The van der Waals surface area contributed by atoms with Crippen LogP contribution in [0.3, 0.4) is 0 Å². The van der Waals surface area contributed by atoms with E-state index in [0.29, 0.717) is 5.75 Å². The molecule has 2 aliphatic carbocycles. The topological polar surface area (TPSA) is 9.23 Å². The van der Waals surface area contributed by atoms with Gasteiger partial charge < -0.3 is 4.74 Å². The van der Waals surface area contributed by atoms with Crippen molar-refractivity contribution in [1.29, 1.82) is 0 Å². The van der Waals surface area contributed by atoms with E-state index in [1.54, 1.807) is 12.1 Å². The normalized spacial score (nSPS) is 25.9. The number of aryl methyl sites for hydroxylation is 1. The third kappa shape index (κ3) is 10.2. The maximum absolute atomic E-state index is 12.3. The summed E-state index contributed by atoms with van der Waals surface area (Å²) in [6.45, 7) is 1.06. The van der Waals surface area contributed by atoms with Crippen molar-refractivity contribution >= 4 is 0 Å². The van der Waals surface area contributed by atoms with Crippen molar-refractivity contribution in [3.63, 3.8) is 0 Å². The lowest BCUT2D eigenvalue weighted by atomic mass is 9.68. The minimum atomic E-state index is -4.29. The number of hydrogen-bond acceptors (Lipinski definition) is 1. The van der Waals surface area contributed by atoms with Crippen LogP contribution in [0, 0.1) is 23.7 Å². The van der Waals surface area contributed by atoms with Gasteiger partial charge in [-0.3, -0.25) is 0 Å². The van der Waals surface area contributed by atoms with Gasteiger partial charge in [0.25, 0.3) is 0 Å². The van der Waals surface area contributed by atoms with Gasteiger partial charge in [-0.15, -0.1) is 0 Å². The molecule has 3 rings (SSSR count). The molecule has 0 spiro atoms. The first kappa shape index (κ1) is 27.4. The highest BCUT2D eigenvalue weighted by atomic mass is 19.4. The average molecular weight is 481 g/mol. The fourth-order valence-electron chi connectivity index (χ4n) is 6.40. The molecule has 2 fully saturated rings. The van der Waals surface area contributed by atoms with Gasteiger partial charge in [0.2, 0.25) is 0 Å². The van der Waals surface area contributed by atoms with Gasteiger partial charge in [-0.25, -0.2) is 0 Å². The number of unbranched alkanes of at least 4 members (excludes halogenated alkanes) is 5. The molecule has 1 aromatic rings. The van der Waals surface area contributed by atoms with Crippen LogP contribution < -0.4 is 4.74 Å². The zero-order valence-corrected chi connectivity index (χ0v) is 21.4. The Morgan fingerprint density at radius 1 is 0.706 bits per heavy atom. The Kier molecular flexibility index (Phi) is 11.6. The van der Waals surface area contributed by atoms with Crippen molar-refractivity contribution in [1.82, 2.24) is 0 Å². The van der Waals surface area contributed by atoms with Gasteiger partial charge in [0.05, 0.1) is 0 Å². The van der Waals surface area contributed by atoms with Gasteiger partial charge in [0.15, 0.2) is 6.61 Å². The van der Waals surface area contributed by atoms with E-state index in [9.17, 15) is 13.2 Å². The first-order valence-electron chi connectivity index (χ1n) is 14.2. The van der Waals surface area contributed by atoms with Gasteiger partial charge in [-0.2, -0.15) is 13.2 Å². The van der Waals surface area contributed by atoms with Crippen LogP contribution in [0.15, 0.2) is 24.3 Å². The van der Waals surface area contributed by atoms with E-state index in [1.807, 2.05) is 12.1 Å². The summed E-state index contributed by atoms with van der Waals surface area (Å²) in [5, 5.41) is 0. The molecule has 0 aromatic heterocycles. The maximum Gasteiger partial charge on any atom is 0.422 e. The van der Waals surface area contributed by atoms with E-state index < -0.39 is 12.8 Å². The summed E-state index contributed by atoms with van der Waals surface area (Å²) in [4.78, 5) is 0. The van der Waals surface area contributed by atoms with E-state index in [2.05, 4.69) is 6.92 Å². The minimum absolute atomic E-state index is 0.295. The van der Waals surface area contributed by atoms with E-state index in [0.717, 1.165) is 30.1 Å². The lowest BCUT2D eigenvalue weighted by Gasteiger charge is -2.38. The molecule has 0 saturated heterocycles. The second kappa shape index (κ2) is 14.4. The summed E-state index contributed by atoms with van der Waals surface area (Å²) < 4.78 is 41.6. The summed E-state index contributed by atoms with van der Waals surface area (Å²) in [6, 6.07) is 7.17. The predicted molar refractivity (Wildman–Crippen MR) is 135 cm³/mol. The number of alkyl halides is 3. The summed E-state index contributed by atoms with van der Waals surface area (Å²) in [5.41, 5.74) is 1.20. The number of rotatable bonds is 13. The summed E-state index contributed by atoms with van der Waals surface area (Å²) in [5.74, 6) is 4.04. The van der Waals surface area contributed by atoms with Crippen molar-refractivity contribution in [3.8, 4) is 5.75 Å². The zero-order chi connectivity index (χ0) is 24.2. The Bertz CT molecular complexity index is 653. The molecule has 2 saturated carbocycles. The largest absolute Gasteiger partial charge is 0.484 e. The molecule has 0 unspecified atom stereocenters. The van der Waals surface area contributed by atoms with E-state index in [-0.39, 0.29) is 0 Å². The van der Waals surface area contributed by atoms with Crippen molar-refractivity contribution in [2.24, 2.45) is 23.7 Å². The maximum atomic E-state index is 12.3. The van der Waals surface area contributed by atoms with Crippen LogP contribution in [0.25, 0.3) is 0 Å². The molecule has 0 amide bonds. The second-order valence-corrected chi connectivity index (χ2v) is 11.2. The highest BCUT2D eigenvalue weighted by Crippen LogP contribution is 2.43. The molecule has 1 nitrogen and oxygen atoms in total. The van der Waals surface area contributed by atoms with Crippen molar-refractivity contribution in [2.45, 2.75) is 122 Å². The Labute approximate surface area is 206 Å². The fraction of sp³-hybridized carbons (Fsp3) is 0.800. The lowest BCUT2D eigenvalue weighted by molar-refractivity contribution is -0.153. The molecule has 0 bridgehead atoms. The first-order chi connectivity index (χ1) is 16.4. The summed E-state index contributed by atoms with van der Waals surface area (Å²) in [7, 11) is 0. The molecule has 194 valence electrons. The molecule has 0 radical (unpaired) electrons. The molecule has 0 atom stereocenters. The molecular weight excluding hydrogens is 433 g/mol. The molecule has 0 aliphatic heterocycles. The van der Waals surface area contributed by atoms with Crippen LogP contribution in [0.4, 0.5) is 13.2 Å². The quantitative estimate of drug-likeness (QED) is 0.255. The minimum Gasteiger partial charge on any atom is -0.484 e. The van der Waals surface area contributed by atoms with Crippen molar-refractivity contribution in [2.75, 3.05) is 6.61 Å². The standard InChI is InChI=1S/C30H47F3O/c1-2-3-4-5-6-7-8-24-11-17-27(18-12-24)28-19-13-25(14-20-28)9-10-26-15-21-29(22-16-26)34-23-30(31,32)33/h15-16,21-22,24-25,27-28H,2-14,17-20,23H2,1H3/t24-,25-,27-,28-. The molecule has 34 heavy (non-hydrogen) atoms. The number of ether oxygens (including phenoxy) is 1. The molecule has 2 aliphatic rings.